The summed E-state index contributed by atoms with van der Waals surface area (Å²) in [6, 6.07) is 8.54. The Labute approximate surface area is 147 Å². The van der Waals surface area contributed by atoms with E-state index in [9.17, 15) is 0 Å². The van der Waals surface area contributed by atoms with Gasteiger partial charge in [-0.15, -0.1) is 0 Å². The minimum absolute atomic E-state index is 0.225. The van der Waals surface area contributed by atoms with E-state index in [0.29, 0.717) is 16.4 Å². The van der Waals surface area contributed by atoms with E-state index in [1.165, 1.54) is 44.1 Å². The Hall–Kier alpha value is -1.02. The first-order valence-corrected chi connectivity index (χ1v) is 9.79. The van der Waals surface area contributed by atoms with E-state index >= 15 is 0 Å². The zero-order valence-corrected chi connectivity index (χ0v) is 15.8. The Morgan fingerprint density at radius 3 is 2.33 bits per heavy atom. The summed E-state index contributed by atoms with van der Waals surface area (Å²) >= 11 is 0. The zero-order chi connectivity index (χ0) is 17.0. The summed E-state index contributed by atoms with van der Waals surface area (Å²) in [5, 5.41) is 4.03. The lowest BCUT2D eigenvalue weighted by atomic mass is 9.43. The number of hydrogen-bond donors (Lipinski definition) is 1. The number of hydrogen-bond acceptors (Lipinski definition) is 2. The molecule has 2 nitrogen and oxygen atoms in total. The second kappa shape index (κ2) is 5.49. The van der Waals surface area contributed by atoms with Crippen LogP contribution in [0.25, 0.3) is 0 Å². The molecule has 4 aliphatic rings. The van der Waals surface area contributed by atoms with Gasteiger partial charge in [0.05, 0.1) is 6.10 Å². The van der Waals surface area contributed by atoms with Gasteiger partial charge in [0.15, 0.2) is 0 Å². The Kier molecular flexibility index (Phi) is 3.76. The molecule has 5 rings (SSSR count). The molecule has 4 fully saturated rings. The molecular formula is C22H33NO. The SMILES string of the molecule is CC(C)Oc1ccccc1CNC12CC3C[C@@](C)(C1)C[C@](C)(C3)C2. The Bertz CT molecular complexity index is 604. The number of rotatable bonds is 5. The van der Waals surface area contributed by atoms with Gasteiger partial charge in [0.2, 0.25) is 0 Å². The van der Waals surface area contributed by atoms with Gasteiger partial charge in [-0.2, -0.15) is 0 Å². The van der Waals surface area contributed by atoms with Crippen molar-refractivity contribution in [3.8, 4) is 5.75 Å². The molecule has 132 valence electrons. The van der Waals surface area contributed by atoms with Gasteiger partial charge in [-0.3, -0.25) is 0 Å². The summed E-state index contributed by atoms with van der Waals surface area (Å²) in [7, 11) is 0. The molecule has 4 bridgehead atoms. The molecule has 0 radical (unpaired) electrons. The highest BCUT2D eigenvalue weighted by Crippen LogP contribution is 2.66. The average molecular weight is 328 g/mol. The van der Waals surface area contributed by atoms with Crippen LogP contribution in [0.5, 0.6) is 5.75 Å². The fourth-order valence-electron chi connectivity index (χ4n) is 6.95. The molecule has 2 unspecified atom stereocenters. The molecular weight excluding hydrogens is 294 g/mol. The minimum atomic E-state index is 0.225. The molecule has 0 spiro atoms. The fourth-order valence-corrected chi connectivity index (χ4v) is 6.95. The standard InChI is InChI=1S/C22H33NO/c1-16(2)24-19-8-6-5-7-18(19)12-23-22-11-17-9-20(3,14-22)13-21(4,10-17)15-22/h5-8,16-17,23H,9-15H2,1-4H3/t17?,20-,21+,22?. The van der Waals surface area contributed by atoms with Crippen LogP contribution in [-0.2, 0) is 6.54 Å². The minimum Gasteiger partial charge on any atom is -0.491 e. The van der Waals surface area contributed by atoms with Crippen LogP contribution < -0.4 is 10.1 Å². The summed E-state index contributed by atoms with van der Waals surface area (Å²) in [6.07, 6.45) is 8.68. The van der Waals surface area contributed by atoms with Crippen molar-refractivity contribution >= 4 is 0 Å². The van der Waals surface area contributed by atoms with Gasteiger partial charge in [0.25, 0.3) is 0 Å². The van der Waals surface area contributed by atoms with Crippen LogP contribution in [0, 0.1) is 16.7 Å². The second-order valence-electron chi connectivity index (χ2n) is 10.0. The lowest BCUT2D eigenvalue weighted by molar-refractivity contribution is -0.118. The normalized spacial score (nSPS) is 40.3. The van der Waals surface area contributed by atoms with Crippen LogP contribution in [0.3, 0.4) is 0 Å². The van der Waals surface area contributed by atoms with Gasteiger partial charge in [-0.25, -0.2) is 0 Å². The summed E-state index contributed by atoms with van der Waals surface area (Å²) in [5.41, 5.74) is 2.79. The number of benzene rings is 1. The van der Waals surface area contributed by atoms with Crippen LogP contribution in [0.2, 0.25) is 0 Å². The van der Waals surface area contributed by atoms with Crippen LogP contribution in [0.1, 0.15) is 71.8 Å². The molecule has 0 saturated heterocycles. The van der Waals surface area contributed by atoms with Crippen LogP contribution in [-0.4, -0.2) is 11.6 Å². The monoisotopic (exact) mass is 327 g/mol. The summed E-state index contributed by atoms with van der Waals surface area (Å²) < 4.78 is 6.02. The molecule has 4 saturated carbocycles. The first kappa shape index (κ1) is 16.4. The maximum Gasteiger partial charge on any atom is 0.124 e. The highest BCUT2D eigenvalue weighted by atomic mass is 16.5. The number of para-hydroxylation sites is 1. The molecule has 4 aliphatic carbocycles. The maximum atomic E-state index is 6.02. The highest BCUT2D eigenvalue weighted by molar-refractivity contribution is 5.33. The van der Waals surface area contributed by atoms with Crippen molar-refractivity contribution in [3.63, 3.8) is 0 Å². The molecule has 1 aromatic rings. The second-order valence-corrected chi connectivity index (χ2v) is 10.0. The Morgan fingerprint density at radius 1 is 1.04 bits per heavy atom. The first-order valence-electron chi connectivity index (χ1n) is 9.79. The summed E-state index contributed by atoms with van der Waals surface area (Å²) in [4.78, 5) is 0. The quantitative estimate of drug-likeness (QED) is 0.791. The molecule has 2 heteroatoms. The molecule has 24 heavy (non-hydrogen) atoms. The number of ether oxygens (including phenoxy) is 1. The third kappa shape index (κ3) is 2.98. The molecule has 1 aromatic carbocycles. The molecule has 0 aromatic heterocycles. The predicted octanol–water partition coefficient (Wildman–Crippen LogP) is 5.31. The van der Waals surface area contributed by atoms with Crippen molar-refractivity contribution in [2.24, 2.45) is 16.7 Å². The van der Waals surface area contributed by atoms with Crippen molar-refractivity contribution in [1.82, 2.24) is 5.32 Å². The van der Waals surface area contributed by atoms with E-state index in [1.54, 1.807) is 0 Å². The topological polar surface area (TPSA) is 21.3 Å². The summed E-state index contributed by atoms with van der Waals surface area (Å²) in [5.74, 6) is 1.98. The lowest BCUT2D eigenvalue weighted by Gasteiger charge is -2.65. The van der Waals surface area contributed by atoms with Gasteiger partial charge in [-0.05, 0) is 75.2 Å². The predicted molar refractivity (Wildman–Crippen MR) is 99.2 cm³/mol. The van der Waals surface area contributed by atoms with Gasteiger partial charge >= 0.3 is 0 Å². The van der Waals surface area contributed by atoms with Crippen molar-refractivity contribution < 1.29 is 4.74 Å². The Balaban J connectivity index is 1.52. The van der Waals surface area contributed by atoms with E-state index < -0.39 is 0 Å². The molecule has 0 aliphatic heterocycles. The van der Waals surface area contributed by atoms with Gasteiger partial charge in [-0.1, -0.05) is 32.0 Å². The van der Waals surface area contributed by atoms with Gasteiger partial charge in [0.1, 0.15) is 5.75 Å². The smallest absolute Gasteiger partial charge is 0.124 e. The Morgan fingerprint density at radius 2 is 1.71 bits per heavy atom. The van der Waals surface area contributed by atoms with E-state index in [0.717, 1.165) is 18.2 Å². The highest BCUT2D eigenvalue weighted by Gasteiger charge is 2.59. The van der Waals surface area contributed by atoms with Gasteiger partial charge < -0.3 is 10.1 Å². The van der Waals surface area contributed by atoms with Crippen molar-refractivity contribution in [3.05, 3.63) is 29.8 Å². The van der Waals surface area contributed by atoms with Crippen molar-refractivity contribution in [2.45, 2.75) is 84.4 Å². The molecule has 1 N–H and O–H groups in total. The molecule has 0 amide bonds. The molecule has 0 heterocycles. The van der Waals surface area contributed by atoms with E-state index in [1.807, 2.05) is 0 Å². The van der Waals surface area contributed by atoms with Crippen molar-refractivity contribution in [2.75, 3.05) is 0 Å². The summed E-state index contributed by atoms with van der Waals surface area (Å²) in [6.45, 7) is 10.2. The largest absolute Gasteiger partial charge is 0.491 e. The average Bonchev–Trinajstić information content (AvgIpc) is 2.42. The number of nitrogens with one attached hydrogen (secondary N) is 1. The molecule has 4 atom stereocenters. The van der Waals surface area contributed by atoms with Crippen LogP contribution >= 0.6 is 0 Å². The third-order valence-corrected chi connectivity index (χ3v) is 6.62. The first-order chi connectivity index (χ1) is 11.3. The van der Waals surface area contributed by atoms with E-state index in [2.05, 4.69) is 57.3 Å². The lowest BCUT2D eigenvalue weighted by Crippen LogP contribution is -2.63. The van der Waals surface area contributed by atoms with Crippen LogP contribution in [0.15, 0.2) is 24.3 Å². The van der Waals surface area contributed by atoms with E-state index in [-0.39, 0.29) is 6.10 Å². The third-order valence-electron chi connectivity index (χ3n) is 6.62. The van der Waals surface area contributed by atoms with Crippen LogP contribution in [0.4, 0.5) is 0 Å². The fraction of sp³-hybridized carbons (Fsp3) is 0.727. The zero-order valence-electron chi connectivity index (χ0n) is 15.8. The van der Waals surface area contributed by atoms with Crippen molar-refractivity contribution in [1.29, 1.82) is 0 Å². The maximum absolute atomic E-state index is 6.02. The van der Waals surface area contributed by atoms with Gasteiger partial charge in [0, 0.05) is 17.6 Å². The van der Waals surface area contributed by atoms with E-state index in [4.69, 9.17) is 4.74 Å².